The van der Waals surface area contributed by atoms with Crippen molar-refractivity contribution in [3.05, 3.63) is 53.1 Å². The van der Waals surface area contributed by atoms with Crippen LogP contribution in [-0.4, -0.2) is 24.5 Å². The molecular formula is C18H20O4. The monoisotopic (exact) mass is 300 g/mol. The number of carbonyl (C=O) groups excluding carboxylic acids is 2. The highest BCUT2D eigenvalue weighted by Gasteiger charge is 2.26. The predicted molar refractivity (Wildman–Crippen MR) is 84.1 cm³/mol. The highest BCUT2D eigenvalue weighted by Crippen LogP contribution is 2.32. The maximum Gasteiger partial charge on any atom is 0.331 e. The van der Waals surface area contributed by atoms with Gasteiger partial charge in [-0.15, -0.1) is 0 Å². The Morgan fingerprint density at radius 1 is 1.36 bits per heavy atom. The fraction of sp³-hybridized carbons (Fsp3) is 0.333. The van der Waals surface area contributed by atoms with Crippen molar-refractivity contribution >= 4 is 11.8 Å². The molecule has 2 rings (SSSR count). The molecule has 0 saturated carbocycles. The quantitative estimate of drug-likeness (QED) is 0.362. The van der Waals surface area contributed by atoms with Crippen LogP contribution >= 0.6 is 0 Å². The summed E-state index contributed by atoms with van der Waals surface area (Å²) in [6.07, 6.45) is 1.85. The molecular weight excluding hydrogens is 280 g/mol. The van der Waals surface area contributed by atoms with Crippen molar-refractivity contribution in [2.75, 3.05) is 6.61 Å². The van der Waals surface area contributed by atoms with Crippen LogP contribution in [0.2, 0.25) is 0 Å². The first kappa shape index (κ1) is 16.0. The lowest BCUT2D eigenvalue weighted by atomic mass is 10.0. The zero-order valence-corrected chi connectivity index (χ0v) is 13.1. The molecule has 116 valence electrons. The van der Waals surface area contributed by atoms with Crippen LogP contribution in [0, 0.1) is 0 Å². The third-order valence-electron chi connectivity index (χ3n) is 3.40. The Bertz CT molecular complexity index is 651. The maximum absolute atomic E-state index is 11.5. The summed E-state index contributed by atoms with van der Waals surface area (Å²) in [5, 5.41) is 0. The van der Waals surface area contributed by atoms with Gasteiger partial charge in [-0.2, -0.15) is 0 Å². The minimum Gasteiger partial charge on any atom is -0.485 e. The van der Waals surface area contributed by atoms with Crippen molar-refractivity contribution in [2.24, 2.45) is 0 Å². The summed E-state index contributed by atoms with van der Waals surface area (Å²) in [6, 6.07) is 5.40. The van der Waals surface area contributed by atoms with Crippen molar-refractivity contribution in [1.82, 2.24) is 0 Å². The average molecular weight is 300 g/mol. The molecule has 1 aliphatic heterocycles. The summed E-state index contributed by atoms with van der Waals surface area (Å²) in [4.78, 5) is 22.9. The number of benzene rings is 1. The lowest BCUT2D eigenvalue weighted by Crippen LogP contribution is -2.20. The van der Waals surface area contributed by atoms with E-state index < -0.39 is 0 Å². The summed E-state index contributed by atoms with van der Waals surface area (Å²) in [5.74, 6) is 0.406. The molecule has 4 nitrogen and oxygen atoms in total. The van der Waals surface area contributed by atoms with E-state index in [4.69, 9.17) is 9.47 Å². The van der Waals surface area contributed by atoms with Crippen molar-refractivity contribution in [3.63, 3.8) is 0 Å². The van der Waals surface area contributed by atoms with E-state index in [9.17, 15) is 9.59 Å². The van der Waals surface area contributed by atoms with Gasteiger partial charge in [0, 0.05) is 23.6 Å². The molecule has 0 amide bonds. The molecule has 1 aromatic carbocycles. The van der Waals surface area contributed by atoms with E-state index in [1.165, 1.54) is 13.0 Å². The first-order valence-electron chi connectivity index (χ1n) is 7.16. The summed E-state index contributed by atoms with van der Waals surface area (Å²) in [7, 11) is 0. The Balaban J connectivity index is 1.95. The molecule has 4 heteroatoms. The van der Waals surface area contributed by atoms with E-state index in [2.05, 4.69) is 6.58 Å². The number of esters is 1. The molecule has 1 heterocycles. The number of Topliss-reactive ketones (excluding diaryl/α,β-unsaturated/α-hetero) is 1. The van der Waals surface area contributed by atoms with Crippen LogP contribution in [0.5, 0.6) is 5.75 Å². The average Bonchev–Trinajstić information content (AvgIpc) is 2.86. The van der Waals surface area contributed by atoms with E-state index in [0.717, 1.165) is 16.9 Å². The molecule has 0 bridgehead atoms. The Kier molecular flexibility index (Phi) is 4.81. The topological polar surface area (TPSA) is 52.6 Å². The van der Waals surface area contributed by atoms with Gasteiger partial charge < -0.3 is 9.47 Å². The summed E-state index contributed by atoms with van der Waals surface area (Å²) in [5.41, 5.74) is 3.24. The summed E-state index contributed by atoms with van der Waals surface area (Å²) >= 11 is 0. The number of allylic oxidation sites excluding steroid dienone is 1. The summed E-state index contributed by atoms with van der Waals surface area (Å²) in [6.45, 7) is 9.27. The van der Waals surface area contributed by atoms with Gasteiger partial charge >= 0.3 is 5.97 Å². The van der Waals surface area contributed by atoms with Crippen LogP contribution in [-0.2, 0) is 16.0 Å². The van der Waals surface area contributed by atoms with Crippen LogP contribution in [0.3, 0.4) is 0 Å². The number of hydrogen-bond donors (Lipinski definition) is 0. The van der Waals surface area contributed by atoms with Crippen LogP contribution in [0.25, 0.3) is 0 Å². The molecule has 0 radical (unpaired) electrons. The van der Waals surface area contributed by atoms with Crippen LogP contribution < -0.4 is 4.74 Å². The van der Waals surface area contributed by atoms with E-state index in [1.54, 1.807) is 12.1 Å². The number of hydrogen-bond acceptors (Lipinski definition) is 4. The number of ether oxygens (including phenoxy) is 2. The predicted octanol–water partition coefficient (Wildman–Crippen LogP) is 3.26. The molecule has 22 heavy (non-hydrogen) atoms. The lowest BCUT2D eigenvalue weighted by molar-refractivity contribution is -0.137. The zero-order valence-electron chi connectivity index (χ0n) is 13.1. The number of carbonyl (C=O) groups is 2. The lowest BCUT2D eigenvalue weighted by Gasteiger charge is -2.13. The second kappa shape index (κ2) is 6.60. The SMILES string of the molecule is C=C(COC(=O)C=C(C)C)[C@@H]1Cc2cc(C(C)=O)ccc2O1. The van der Waals surface area contributed by atoms with E-state index in [1.807, 2.05) is 19.9 Å². The summed E-state index contributed by atoms with van der Waals surface area (Å²) < 4.78 is 10.9. The first-order chi connectivity index (χ1) is 10.4. The normalized spacial score (nSPS) is 15.5. The first-order valence-corrected chi connectivity index (χ1v) is 7.16. The van der Waals surface area contributed by atoms with Crippen LogP contribution in [0.1, 0.15) is 36.7 Å². The fourth-order valence-corrected chi connectivity index (χ4v) is 2.23. The van der Waals surface area contributed by atoms with E-state index in [-0.39, 0.29) is 24.5 Å². The molecule has 0 fully saturated rings. The van der Waals surface area contributed by atoms with Crippen molar-refractivity contribution in [3.8, 4) is 5.75 Å². The smallest absolute Gasteiger partial charge is 0.331 e. The molecule has 0 saturated heterocycles. The van der Waals surface area contributed by atoms with Gasteiger partial charge in [-0.1, -0.05) is 12.2 Å². The Morgan fingerprint density at radius 3 is 2.73 bits per heavy atom. The molecule has 1 aliphatic rings. The van der Waals surface area contributed by atoms with Crippen LogP contribution in [0.4, 0.5) is 0 Å². The highest BCUT2D eigenvalue weighted by atomic mass is 16.5. The van der Waals surface area contributed by atoms with Gasteiger partial charge in [0.1, 0.15) is 18.5 Å². The third-order valence-corrected chi connectivity index (χ3v) is 3.40. The molecule has 0 N–H and O–H groups in total. The van der Waals surface area contributed by atoms with Crippen molar-refractivity contribution in [1.29, 1.82) is 0 Å². The van der Waals surface area contributed by atoms with Crippen molar-refractivity contribution < 1.29 is 19.1 Å². The molecule has 0 aliphatic carbocycles. The van der Waals surface area contributed by atoms with E-state index in [0.29, 0.717) is 17.6 Å². The van der Waals surface area contributed by atoms with Crippen molar-refractivity contribution in [2.45, 2.75) is 33.3 Å². The van der Waals surface area contributed by atoms with Gasteiger partial charge in [0.2, 0.25) is 0 Å². The second-order valence-corrected chi connectivity index (χ2v) is 5.68. The Hall–Kier alpha value is -2.36. The van der Waals surface area contributed by atoms with Gasteiger partial charge in [0.15, 0.2) is 5.78 Å². The van der Waals surface area contributed by atoms with Gasteiger partial charge in [-0.3, -0.25) is 4.79 Å². The Labute approximate surface area is 130 Å². The fourth-order valence-electron chi connectivity index (χ4n) is 2.23. The molecule has 0 spiro atoms. The standard InChI is InChI=1S/C18H20O4/c1-11(2)7-18(20)21-10-12(3)17-9-15-8-14(13(4)19)5-6-16(15)22-17/h5-8,17H,3,9-10H2,1-2,4H3/t17-/m0/s1. The number of fused-ring (bicyclic) bond motifs is 1. The highest BCUT2D eigenvalue weighted by molar-refractivity contribution is 5.94. The number of rotatable bonds is 5. The second-order valence-electron chi connectivity index (χ2n) is 5.68. The molecule has 0 unspecified atom stereocenters. The molecule has 1 atom stereocenters. The minimum absolute atomic E-state index is 0.0285. The van der Waals surface area contributed by atoms with Gasteiger partial charge in [-0.25, -0.2) is 4.79 Å². The largest absolute Gasteiger partial charge is 0.485 e. The molecule has 1 aromatic rings. The minimum atomic E-state index is -0.379. The van der Waals surface area contributed by atoms with Gasteiger partial charge in [0.05, 0.1) is 0 Å². The third kappa shape index (κ3) is 3.85. The van der Waals surface area contributed by atoms with Crippen LogP contribution in [0.15, 0.2) is 42.0 Å². The maximum atomic E-state index is 11.5. The molecule has 0 aromatic heterocycles. The van der Waals surface area contributed by atoms with Gasteiger partial charge in [-0.05, 0) is 44.5 Å². The van der Waals surface area contributed by atoms with E-state index >= 15 is 0 Å². The van der Waals surface area contributed by atoms with Gasteiger partial charge in [0.25, 0.3) is 0 Å². The number of ketones is 1. The Morgan fingerprint density at radius 2 is 2.09 bits per heavy atom. The zero-order chi connectivity index (χ0) is 16.3.